The van der Waals surface area contributed by atoms with Gasteiger partial charge >= 0.3 is 0 Å². The summed E-state index contributed by atoms with van der Waals surface area (Å²) in [5.41, 5.74) is 0. The van der Waals surface area contributed by atoms with E-state index in [1.165, 1.54) is 11.3 Å². The summed E-state index contributed by atoms with van der Waals surface area (Å²) in [4.78, 5) is 19.1. The largest absolute Gasteiger partial charge is 0.347 e. The minimum Gasteiger partial charge on any atom is -0.347 e. The maximum Gasteiger partial charge on any atom is 0.241 e. The highest BCUT2D eigenvalue weighted by molar-refractivity contribution is 7.14. The molecule has 84 valence electrons. The van der Waals surface area contributed by atoms with Crippen LogP contribution in [0.1, 0.15) is 6.92 Å². The minimum absolute atomic E-state index is 0.0585. The van der Waals surface area contributed by atoms with E-state index in [1.54, 1.807) is 24.4 Å². The first-order valence-corrected chi connectivity index (χ1v) is 5.86. The van der Waals surface area contributed by atoms with E-state index in [-0.39, 0.29) is 5.91 Å². The number of hydrogen-bond donors (Lipinski definition) is 0. The Morgan fingerprint density at radius 3 is 2.67 bits per heavy atom. The van der Waals surface area contributed by atoms with E-state index >= 15 is 0 Å². The second-order valence-electron chi connectivity index (χ2n) is 3.26. The van der Waals surface area contributed by atoms with Gasteiger partial charge in [0.1, 0.15) is 5.15 Å². The number of anilines is 1. The van der Waals surface area contributed by atoms with Crippen molar-refractivity contribution in [3.63, 3.8) is 0 Å². The predicted octanol–water partition coefficient (Wildman–Crippen LogP) is 1.71. The zero-order chi connectivity index (χ0) is 11.4. The zero-order valence-corrected chi connectivity index (χ0v) is 10.6. The van der Waals surface area contributed by atoms with Gasteiger partial charge in [0.25, 0.3) is 0 Å². The van der Waals surface area contributed by atoms with Crippen molar-refractivity contribution in [3.05, 3.63) is 10.5 Å². The molecule has 0 spiro atoms. The number of rotatable bonds is 4. The fraction of sp³-hybridized carbons (Fsp3) is 0.556. The van der Waals surface area contributed by atoms with E-state index in [9.17, 15) is 4.79 Å². The van der Waals surface area contributed by atoms with Crippen molar-refractivity contribution in [2.75, 3.05) is 32.1 Å². The van der Waals surface area contributed by atoms with Gasteiger partial charge < -0.3 is 9.80 Å². The van der Waals surface area contributed by atoms with E-state index in [0.717, 1.165) is 11.7 Å². The van der Waals surface area contributed by atoms with Gasteiger partial charge in [-0.1, -0.05) is 11.6 Å². The highest BCUT2D eigenvalue weighted by Crippen LogP contribution is 2.22. The molecule has 0 N–H and O–H groups in total. The third-order valence-corrected chi connectivity index (χ3v) is 3.17. The first kappa shape index (κ1) is 12.3. The molecule has 4 nitrogen and oxygen atoms in total. The lowest BCUT2D eigenvalue weighted by Gasteiger charge is -2.21. The Hall–Kier alpha value is -0.810. The van der Waals surface area contributed by atoms with Crippen molar-refractivity contribution >= 4 is 34.0 Å². The standard InChI is InChI=1S/C9H14ClN3OS/c1-4-13(5-8(14)12(2)3)9-11-7(10)6-15-9/h6H,4-5H2,1-3H3. The van der Waals surface area contributed by atoms with Crippen LogP contribution >= 0.6 is 22.9 Å². The molecule has 6 heteroatoms. The Bertz CT molecular complexity index is 340. The van der Waals surface area contributed by atoms with Crippen LogP contribution in [0.25, 0.3) is 0 Å². The summed E-state index contributed by atoms with van der Waals surface area (Å²) >= 11 is 7.19. The molecule has 15 heavy (non-hydrogen) atoms. The smallest absolute Gasteiger partial charge is 0.241 e. The molecule has 0 aliphatic rings. The third-order valence-electron chi connectivity index (χ3n) is 1.94. The molecule has 0 saturated heterocycles. The predicted molar refractivity (Wildman–Crippen MR) is 63.7 cm³/mol. The SMILES string of the molecule is CCN(CC(=O)N(C)C)c1nc(Cl)cs1. The topological polar surface area (TPSA) is 36.4 Å². The van der Waals surface area contributed by atoms with Crippen LogP contribution in [0, 0.1) is 0 Å². The van der Waals surface area contributed by atoms with Crippen LogP contribution in [-0.2, 0) is 4.79 Å². The molecule has 1 amide bonds. The molecule has 0 aliphatic carbocycles. The minimum atomic E-state index is 0.0585. The van der Waals surface area contributed by atoms with Crippen molar-refractivity contribution in [1.29, 1.82) is 0 Å². The number of thiazole rings is 1. The van der Waals surface area contributed by atoms with Gasteiger partial charge in [0.2, 0.25) is 5.91 Å². The van der Waals surface area contributed by atoms with Crippen LogP contribution in [0.4, 0.5) is 5.13 Å². The van der Waals surface area contributed by atoms with Gasteiger partial charge in [-0.05, 0) is 6.92 Å². The third kappa shape index (κ3) is 3.35. The van der Waals surface area contributed by atoms with E-state index < -0.39 is 0 Å². The first-order valence-electron chi connectivity index (χ1n) is 4.60. The fourth-order valence-electron chi connectivity index (χ4n) is 1.01. The second kappa shape index (κ2) is 5.32. The molecule has 1 aromatic heterocycles. The molecule has 1 rings (SSSR count). The molecule has 0 aromatic carbocycles. The van der Waals surface area contributed by atoms with Gasteiger partial charge in [0.05, 0.1) is 6.54 Å². The highest BCUT2D eigenvalue weighted by Gasteiger charge is 2.14. The average molecular weight is 248 g/mol. The van der Waals surface area contributed by atoms with Crippen molar-refractivity contribution in [3.8, 4) is 0 Å². The van der Waals surface area contributed by atoms with Crippen LogP contribution in [0.2, 0.25) is 5.15 Å². The summed E-state index contributed by atoms with van der Waals surface area (Å²) in [6, 6.07) is 0. The summed E-state index contributed by atoms with van der Waals surface area (Å²) in [5, 5.41) is 3.03. The summed E-state index contributed by atoms with van der Waals surface area (Å²) in [7, 11) is 3.48. The lowest BCUT2D eigenvalue weighted by Crippen LogP contribution is -2.36. The number of likely N-dealkylation sites (N-methyl/N-ethyl adjacent to an activating group) is 2. The van der Waals surface area contributed by atoms with Crippen LogP contribution in [0.5, 0.6) is 0 Å². The van der Waals surface area contributed by atoms with Crippen molar-refractivity contribution in [2.24, 2.45) is 0 Å². The van der Waals surface area contributed by atoms with Crippen LogP contribution in [0.15, 0.2) is 5.38 Å². The Morgan fingerprint density at radius 1 is 1.60 bits per heavy atom. The van der Waals surface area contributed by atoms with Crippen LogP contribution in [0.3, 0.4) is 0 Å². The molecular weight excluding hydrogens is 234 g/mol. The molecule has 0 aliphatic heterocycles. The number of aromatic nitrogens is 1. The number of carbonyl (C=O) groups is 1. The lowest BCUT2D eigenvalue weighted by molar-refractivity contribution is -0.127. The Balaban J connectivity index is 2.68. The number of amides is 1. The van der Waals surface area contributed by atoms with Crippen molar-refractivity contribution < 1.29 is 4.79 Å². The monoisotopic (exact) mass is 247 g/mol. The number of nitrogens with zero attached hydrogens (tertiary/aromatic N) is 3. The zero-order valence-electron chi connectivity index (χ0n) is 9.03. The molecule has 0 radical (unpaired) electrons. The fourth-order valence-corrected chi connectivity index (χ4v) is 2.02. The molecule has 0 bridgehead atoms. The molecule has 0 atom stereocenters. The van der Waals surface area contributed by atoms with Gasteiger partial charge in [-0.15, -0.1) is 11.3 Å². The van der Waals surface area contributed by atoms with Crippen molar-refractivity contribution in [1.82, 2.24) is 9.88 Å². The molecular formula is C9H14ClN3OS. The van der Waals surface area contributed by atoms with Crippen LogP contribution in [-0.4, -0.2) is 43.0 Å². The number of hydrogen-bond acceptors (Lipinski definition) is 4. The molecule has 0 unspecified atom stereocenters. The summed E-state index contributed by atoms with van der Waals surface area (Å²) in [5.74, 6) is 0.0585. The first-order chi connectivity index (χ1) is 7.04. The maximum atomic E-state index is 11.5. The number of halogens is 1. The van der Waals surface area contributed by atoms with Crippen molar-refractivity contribution in [2.45, 2.75) is 6.92 Å². The number of carbonyl (C=O) groups excluding carboxylic acids is 1. The van der Waals surface area contributed by atoms with E-state index in [2.05, 4.69) is 4.98 Å². The second-order valence-corrected chi connectivity index (χ2v) is 4.48. The van der Waals surface area contributed by atoms with E-state index in [1.807, 2.05) is 11.8 Å². The normalized spacial score (nSPS) is 10.1. The average Bonchev–Trinajstić information content (AvgIpc) is 2.60. The van der Waals surface area contributed by atoms with Crippen LogP contribution < -0.4 is 4.90 Å². The molecule has 0 saturated carbocycles. The van der Waals surface area contributed by atoms with Gasteiger partial charge in [-0.2, -0.15) is 0 Å². The van der Waals surface area contributed by atoms with Gasteiger partial charge in [-0.25, -0.2) is 4.98 Å². The Morgan fingerprint density at radius 2 is 2.27 bits per heavy atom. The summed E-state index contributed by atoms with van der Waals surface area (Å²) in [6.45, 7) is 3.06. The van der Waals surface area contributed by atoms with E-state index in [4.69, 9.17) is 11.6 Å². The van der Waals surface area contributed by atoms with Gasteiger partial charge in [0.15, 0.2) is 5.13 Å². The summed E-state index contributed by atoms with van der Waals surface area (Å²) < 4.78 is 0. The van der Waals surface area contributed by atoms with Gasteiger partial charge in [0, 0.05) is 26.0 Å². The van der Waals surface area contributed by atoms with Gasteiger partial charge in [-0.3, -0.25) is 4.79 Å². The summed E-state index contributed by atoms with van der Waals surface area (Å²) in [6.07, 6.45) is 0. The lowest BCUT2D eigenvalue weighted by atomic mass is 10.5. The maximum absolute atomic E-state index is 11.5. The highest BCUT2D eigenvalue weighted by atomic mass is 35.5. The molecule has 0 fully saturated rings. The Labute approximate surface area is 98.5 Å². The Kier molecular flexibility index (Phi) is 4.35. The molecule has 1 heterocycles. The molecule has 1 aromatic rings. The van der Waals surface area contributed by atoms with E-state index in [0.29, 0.717) is 11.7 Å². The quantitative estimate of drug-likeness (QED) is 0.813.